The number of piperazine rings is 1. The Morgan fingerprint density at radius 3 is 2.50 bits per heavy atom. The predicted octanol–water partition coefficient (Wildman–Crippen LogP) is 2.99. The van der Waals surface area contributed by atoms with Crippen LogP contribution in [0.5, 0.6) is 0 Å². The number of carbonyl (C=O) groups excluding carboxylic acids is 2. The summed E-state index contributed by atoms with van der Waals surface area (Å²) in [5.74, 6) is 1.63. The molecule has 3 unspecified atom stereocenters. The van der Waals surface area contributed by atoms with Crippen molar-refractivity contribution in [1.82, 2.24) is 19.6 Å². The molecule has 8 heteroatoms. The highest BCUT2D eigenvalue weighted by Crippen LogP contribution is 2.62. The Hall–Kier alpha value is -2.87. The van der Waals surface area contributed by atoms with Gasteiger partial charge in [0, 0.05) is 62.1 Å². The number of aryl methyl sites for hydroxylation is 1. The average molecular weight is 520 g/mol. The minimum atomic E-state index is -0.805. The van der Waals surface area contributed by atoms with Crippen molar-refractivity contribution in [1.29, 1.82) is 0 Å². The highest BCUT2D eigenvalue weighted by Gasteiger charge is 2.57. The van der Waals surface area contributed by atoms with Crippen LogP contribution in [0.15, 0.2) is 18.2 Å². The van der Waals surface area contributed by atoms with Crippen LogP contribution in [0.3, 0.4) is 0 Å². The van der Waals surface area contributed by atoms with Crippen molar-refractivity contribution in [2.45, 2.75) is 65.5 Å². The molecular weight excluding hydrogens is 478 g/mol. The van der Waals surface area contributed by atoms with Gasteiger partial charge in [-0.1, -0.05) is 19.1 Å². The van der Waals surface area contributed by atoms with Gasteiger partial charge >= 0.3 is 0 Å². The number of carbonyl (C=O) groups is 2. The van der Waals surface area contributed by atoms with E-state index in [4.69, 9.17) is 5.10 Å². The van der Waals surface area contributed by atoms with E-state index in [1.54, 1.807) is 0 Å². The Kier molecular flexibility index (Phi) is 6.09. The number of rotatable bonds is 5. The van der Waals surface area contributed by atoms with E-state index in [0.717, 1.165) is 37.2 Å². The number of aromatic nitrogens is 2. The van der Waals surface area contributed by atoms with Crippen molar-refractivity contribution in [3.8, 4) is 0 Å². The van der Waals surface area contributed by atoms with E-state index in [1.165, 1.54) is 16.8 Å². The summed E-state index contributed by atoms with van der Waals surface area (Å²) < 4.78 is 1.84. The van der Waals surface area contributed by atoms with Crippen LogP contribution in [0.4, 0.5) is 5.69 Å². The average Bonchev–Trinajstić information content (AvgIpc) is 3.33. The van der Waals surface area contributed by atoms with Crippen molar-refractivity contribution >= 4 is 17.5 Å². The van der Waals surface area contributed by atoms with Gasteiger partial charge in [-0.15, -0.1) is 0 Å². The van der Waals surface area contributed by atoms with Crippen molar-refractivity contribution in [3.05, 3.63) is 46.3 Å². The van der Waals surface area contributed by atoms with Crippen LogP contribution >= 0.6 is 0 Å². The van der Waals surface area contributed by atoms with Crippen LogP contribution in [-0.4, -0.2) is 81.4 Å². The largest absolute Gasteiger partial charge is 0.390 e. The highest BCUT2D eigenvalue weighted by molar-refractivity contribution is 5.95. The summed E-state index contributed by atoms with van der Waals surface area (Å²) in [4.78, 5) is 33.2. The lowest BCUT2D eigenvalue weighted by molar-refractivity contribution is -0.132. The molecule has 3 fully saturated rings. The fraction of sp³-hybridized carbons (Fsp3) is 0.633. The number of aliphatic hydroxyl groups is 1. The standard InChI is InChI=1S/C30H41N5O3/c1-18-7-6-8-23(19(18)2)32-11-13-33(14-12-32)25(36)17-35-24-15-22-20(3)26(22)27(24)28(31-35)29(37)34-10-9-21(16-34)30(4,5)38/h6-8,20-22,26,38H,9-17H2,1-5H3/t20?,21-,22?,26?/m0/s1. The van der Waals surface area contributed by atoms with Gasteiger partial charge in [0.05, 0.1) is 5.60 Å². The Bertz CT molecular complexity index is 1270. The van der Waals surface area contributed by atoms with Crippen molar-refractivity contribution in [2.24, 2.45) is 17.8 Å². The van der Waals surface area contributed by atoms with E-state index in [9.17, 15) is 14.7 Å². The molecule has 2 aliphatic heterocycles. The Morgan fingerprint density at radius 1 is 1.08 bits per heavy atom. The smallest absolute Gasteiger partial charge is 0.274 e. The maximum Gasteiger partial charge on any atom is 0.274 e. The summed E-state index contributed by atoms with van der Waals surface area (Å²) in [6.45, 7) is 14.6. The SMILES string of the molecule is Cc1cccc(N2CCN(C(=O)Cn3nc(C(=O)N4CC[C@H](C(C)(C)O)C4)c4c3CC3C(C)C43)CC2)c1C. The molecule has 1 aromatic heterocycles. The van der Waals surface area contributed by atoms with E-state index in [-0.39, 0.29) is 24.3 Å². The Morgan fingerprint density at radius 2 is 1.82 bits per heavy atom. The maximum absolute atomic E-state index is 13.6. The fourth-order valence-corrected chi connectivity index (χ4v) is 7.10. The number of hydrogen-bond donors (Lipinski definition) is 1. The first-order valence-corrected chi connectivity index (χ1v) is 14.2. The fourth-order valence-electron chi connectivity index (χ4n) is 7.10. The number of fused-ring (bicyclic) bond motifs is 3. The van der Waals surface area contributed by atoms with E-state index < -0.39 is 5.60 Å². The zero-order valence-corrected chi connectivity index (χ0v) is 23.4. The quantitative estimate of drug-likeness (QED) is 0.657. The summed E-state index contributed by atoms with van der Waals surface area (Å²) in [5.41, 5.74) is 5.76. The second-order valence-electron chi connectivity index (χ2n) is 12.6. The van der Waals surface area contributed by atoms with Crippen LogP contribution in [0.25, 0.3) is 0 Å². The first kappa shape index (κ1) is 25.4. The summed E-state index contributed by atoms with van der Waals surface area (Å²) in [7, 11) is 0. The van der Waals surface area contributed by atoms with Crippen molar-refractivity contribution in [3.63, 3.8) is 0 Å². The second kappa shape index (κ2) is 9.11. The number of amides is 2. The lowest BCUT2D eigenvalue weighted by atomic mass is 9.90. The molecule has 0 bridgehead atoms. The van der Waals surface area contributed by atoms with E-state index in [1.807, 2.05) is 28.3 Å². The summed E-state index contributed by atoms with van der Waals surface area (Å²) in [5, 5.41) is 15.3. The van der Waals surface area contributed by atoms with Gasteiger partial charge in [-0.2, -0.15) is 5.10 Å². The lowest BCUT2D eigenvalue weighted by Gasteiger charge is -2.37. The zero-order chi connectivity index (χ0) is 26.9. The minimum absolute atomic E-state index is 0.0407. The van der Waals surface area contributed by atoms with Gasteiger partial charge in [-0.05, 0) is 75.5 Å². The van der Waals surface area contributed by atoms with Gasteiger partial charge in [0.25, 0.3) is 5.91 Å². The topological polar surface area (TPSA) is 81.9 Å². The molecule has 6 rings (SSSR count). The molecule has 2 saturated heterocycles. The number of nitrogens with zero attached hydrogens (tertiary/aromatic N) is 5. The molecule has 2 amide bonds. The third kappa shape index (κ3) is 4.21. The van der Waals surface area contributed by atoms with E-state index in [0.29, 0.717) is 49.6 Å². The van der Waals surface area contributed by atoms with Crippen LogP contribution < -0.4 is 4.90 Å². The Balaban J connectivity index is 1.16. The monoisotopic (exact) mass is 519 g/mol. The molecule has 204 valence electrons. The minimum Gasteiger partial charge on any atom is -0.390 e. The van der Waals surface area contributed by atoms with Crippen LogP contribution in [-0.2, 0) is 17.8 Å². The van der Waals surface area contributed by atoms with Gasteiger partial charge in [0.2, 0.25) is 5.91 Å². The second-order valence-corrected chi connectivity index (χ2v) is 12.6. The van der Waals surface area contributed by atoms with Gasteiger partial charge < -0.3 is 19.8 Å². The van der Waals surface area contributed by atoms with Crippen molar-refractivity contribution in [2.75, 3.05) is 44.2 Å². The van der Waals surface area contributed by atoms with Crippen LogP contribution in [0.1, 0.15) is 66.0 Å². The third-order valence-corrected chi connectivity index (χ3v) is 9.93. The predicted molar refractivity (Wildman–Crippen MR) is 146 cm³/mol. The number of likely N-dealkylation sites (tertiary alicyclic amines) is 1. The molecular formula is C30H41N5O3. The number of hydrogen-bond acceptors (Lipinski definition) is 5. The molecule has 4 atom stereocenters. The summed E-state index contributed by atoms with van der Waals surface area (Å²) in [6, 6.07) is 6.41. The first-order chi connectivity index (χ1) is 18.0. The molecule has 38 heavy (non-hydrogen) atoms. The highest BCUT2D eigenvalue weighted by atomic mass is 16.3. The van der Waals surface area contributed by atoms with Crippen LogP contribution in [0, 0.1) is 31.6 Å². The molecule has 8 nitrogen and oxygen atoms in total. The molecule has 4 aliphatic rings. The molecule has 3 heterocycles. The first-order valence-electron chi connectivity index (χ1n) is 14.2. The molecule has 2 aromatic rings. The summed E-state index contributed by atoms with van der Waals surface area (Å²) in [6.07, 6.45) is 1.70. The number of anilines is 1. The molecule has 2 aliphatic carbocycles. The van der Waals surface area contributed by atoms with Gasteiger partial charge in [0.15, 0.2) is 5.69 Å². The molecule has 1 N–H and O–H groups in total. The molecule has 0 radical (unpaired) electrons. The van der Waals surface area contributed by atoms with Gasteiger partial charge in [-0.25, -0.2) is 0 Å². The third-order valence-electron chi connectivity index (χ3n) is 9.93. The van der Waals surface area contributed by atoms with Crippen molar-refractivity contribution < 1.29 is 14.7 Å². The van der Waals surface area contributed by atoms with E-state index in [2.05, 4.69) is 43.9 Å². The number of benzene rings is 1. The van der Waals surface area contributed by atoms with Crippen LogP contribution in [0.2, 0.25) is 0 Å². The molecule has 1 saturated carbocycles. The molecule has 0 spiro atoms. The van der Waals surface area contributed by atoms with Gasteiger partial charge in [-0.3, -0.25) is 14.3 Å². The Labute approximate surface area is 225 Å². The summed E-state index contributed by atoms with van der Waals surface area (Å²) >= 11 is 0. The lowest BCUT2D eigenvalue weighted by Crippen LogP contribution is -2.50. The van der Waals surface area contributed by atoms with Gasteiger partial charge in [0.1, 0.15) is 6.54 Å². The van der Waals surface area contributed by atoms with E-state index >= 15 is 0 Å². The maximum atomic E-state index is 13.6. The molecule has 1 aromatic carbocycles. The normalized spacial score (nSPS) is 26.5. The zero-order valence-electron chi connectivity index (χ0n) is 23.4.